The number of unbranched alkanes of at least 4 members (excludes halogenated alkanes) is 1. The largest absolute Gasteiger partial charge is 0.460 e. The molecule has 202 valence electrons. The standard InChI is InChI=1S/C29H34N2O7/c1-5-6-12-24-30-21(16-31(24)28(34)38-29(2,3)4)26(32)25(20-13-14-22-23(15-20)37-18-36-22)27(33)35-17-19-10-8-7-9-11-19/h7-11,13-16,25-26,32H,5-6,12,17-18H2,1-4H3. The summed E-state index contributed by atoms with van der Waals surface area (Å²) in [6, 6.07) is 14.3. The van der Waals surface area contributed by atoms with E-state index in [-0.39, 0.29) is 19.1 Å². The number of nitrogens with zero attached hydrogens (tertiary/aromatic N) is 2. The van der Waals surface area contributed by atoms with Crippen LogP contribution in [-0.2, 0) is 27.3 Å². The van der Waals surface area contributed by atoms with Crippen LogP contribution >= 0.6 is 0 Å². The number of benzene rings is 2. The predicted octanol–water partition coefficient (Wildman–Crippen LogP) is 5.30. The Kier molecular flexibility index (Phi) is 8.36. The van der Waals surface area contributed by atoms with Crippen molar-refractivity contribution in [3.8, 4) is 11.5 Å². The molecule has 1 N–H and O–H groups in total. The van der Waals surface area contributed by atoms with Crippen molar-refractivity contribution in [2.75, 3.05) is 6.79 Å². The maximum atomic E-state index is 13.4. The highest BCUT2D eigenvalue weighted by Gasteiger charge is 2.35. The van der Waals surface area contributed by atoms with Gasteiger partial charge in [0.2, 0.25) is 6.79 Å². The number of esters is 1. The number of ether oxygens (including phenoxy) is 4. The summed E-state index contributed by atoms with van der Waals surface area (Å²) in [5.74, 6) is -0.289. The second-order valence-corrected chi connectivity index (χ2v) is 10.2. The van der Waals surface area contributed by atoms with Gasteiger partial charge in [-0.3, -0.25) is 4.79 Å². The summed E-state index contributed by atoms with van der Waals surface area (Å²) in [4.78, 5) is 30.9. The number of aromatic nitrogens is 2. The SMILES string of the molecule is CCCCc1nc(C(O)C(C(=O)OCc2ccccc2)c2ccc3c(c2)OCO3)cn1C(=O)OC(C)(C)C. The molecule has 38 heavy (non-hydrogen) atoms. The molecule has 1 aliphatic rings. The second kappa shape index (κ2) is 11.7. The third-order valence-electron chi connectivity index (χ3n) is 5.99. The first-order chi connectivity index (χ1) is 18.2. The van der Waals surface area contributed by atoms with E-state index in [0.29, 0.717) is 29.3 Å². The van der Waals surface area contributed by atoms with E-state index in [1.54, 1.807) is 39.0 Å². The lowest BCUT2D eigenvalue weighted by Gasteiger charge is -2.21. The van der Waals surface area contributed by atoms with Crippen molar-refractivity contribution < 1.29 is 33.6 Å². The molecule has 2 aromatic carbocycles. The van der Waals surface area contributed by atoms with Crippen LogP contribution in [0.1, 0.15) is 75.2 Å². The summed E-state index contributed by atoms with van der Waals surface area (Å²) in [5, 5.41) is 11.5. The summed E-state index contributed by atoms with van der Waals surface area (Å²) in [6.45, 7) is 7.49. The number of aliphatic hydroxyl groups excluding tert-OH is 1. The summed E-state index contributed by atoms with van der Waals surface area (Å²) in [7, 11) is 0. The maximum absolute atomic E-state index is 13.4. The number of carbonyl (C=O) groups excluding carboxylic acids is 2. The van der Waals surface area contributed by atoms with Crippen LogP contribution < -0.4 is 9.47 Å². The van der Waals surface area contributed by atoms with E-state index in [9.17, 15) is 14.7 Å². The van der Waals surface area contributed by atoms with Crippen LogP contribution in [-0.4, -0.2) is 39.1 Å². The molecule has 0 spiro atoms. The Morgan fingerprint density at radius 3 is 2.55 bits per heavy atom. The van der Waals surface area contributed by atoms with E-state index in [2.05, 4.69) is 4.98 Å². The van der Waals surface area contributed by atoms with Crippen LogP contribution in [0.15, 0.2) is 54.7 Å². The van der Waals surface area contributed by atoms with Gasteiger partial charge in [-0.1, -0.05) is 49.7 Å². The monoisotopic (exact) mass is 522 g/mol. The fourth-order valence-corrected chi connectivity index (χ4v) is 4.10. The number of aryl methyl sites for hydroxylation is 1. The Hall–Kier alpha value is -3.85. The summed E-state index contributed by atoms with van der Waals surface area (Å²) >= 11 is 0. The van der Waals surface area contributed by atoms with Crippen molar-refractivity contribution in [1.29, 1.82) is 0 Å². The molecule has 1 aromatic heterocycles. The Bertz CT molecular complexity index is 1260. The van der Waals surface area contributed by atoms with Crippen molar-refractivity contribution in [2.45, 2.75) is 71.2 Å². The van der Waals surface area contributed by atoms with Gasteiger partial charge in [-0.2, -0.15) is 0 Å². The van der Waals surface area contributed by atoms with E-state index in [1.807, 2.05) is 37.3 Å². The van der Waals surface area contributed by atoms with Gasteiger partial charge in [-0.25, -0.2) is 14.3 Å². The van der Waals surface area contributed by atoms with Gasteiger partial charge >= 0.3 is 12.1 Å². The zero-order valence-electron chi connectivity index (χ0n) is 22.2. The van der Waals surface area contributed by atoms with Crippen molar-refractivity contribution in [2.24, 2.45) is 0 Å². The molecule has 0 radical (unpaired) electrons. The zero-order valence-corrected chi connectivity index (χ0v) is 22.2. The molecule has 0 fully saturated rings. The first-order valence-electron chi connectivity index (χ1n) is 12.8. The first-order valence-corrected chi connectivity index (χ1v) is 12.8. The smallest absolute Gasteiger partial charge is 0.420 e. The highest BCUT2D eigenvalue weighted by Crippen LogP contribution is 2.39. The molecule has 9 nitrogen and oxygen atoms in total. The fraction of sp³-hybridized carbons (Fsp3) is 0.414. The number of rotatable bonds is 9. The molecular weight excluding hydrogens is 488 g/mol. The fourth-order valence-electron chi connectivity index (χ4n) is 4.10. The van der Waals surface area contributed by atoms with Crippen molar-refractivity contribution >= 4 is 12.1 Å². The number of imidazole rings is 1. The highest BCUT2D eigenvalue weighted by atomic mass is 16.7. The molecule has 2 atom stereocenters. The van der Waals surface area contributed by atoms with Crippen LogP contribution in [0.4, 0.5) is 4.79 Å². The Morgan fingerprint density at radius 2 is 1.84 bits per heavy atom. The van der Waals surface area contributed by atoms with Crippen molar-refractivity contribution in [1.82, 2.24) is 9.55 Å². The average molecular weight is 523 g/mol. The molecule has 0 saturated carbocycles. The van der Waals surface area contributed by atoms with Crippen LogP contribution in [0.3, 0.4) is 0 Å². The molecule has 0 amide bonds. The minimum Gasteiger partial charge on any atom is -0.460 e. The molecule has 0 aliphatic carbocycles. The predicted molar refractivity (Wildman–Crippen MR) is 139 cm³/mol. The molecule has 1 aliphatic heterocycles. The van der Waals surface area contributed by atoms with E-state index in [4.69, 9.17) is 18.9 Å². The quantitative estimate of drug-likeness (QED) is 0.377. The van der Waals surface area contributed by atoms with E-state index in [0.717, 1.165) is 18.4 Å². The third kappa shape index (κ3) is 6.52. The van der Waals surface area contributed by atoms with Crippen molar-refractivity contribution in [3.05, 3.63) is 77.4 Å². The molecule has 4 rings (SSSR count). The average Bonchev–Trinajstić information content (AvgIpc) is 3.53. The molecule has 0 bridgehead atoms. The van der Waals surface area contributed by atoms with E-state index in [1.165, 1.54) is 10.8 Å². The highest BCUT2D eigenvalue weighted by molar-refractivity contribution is 5.80. The van der Waals surface area contributed by atoms with Crippen LogP contribution in [0.25, 0.3) is 0 Å². The molecule has 2 heterocycles. The van der Waals surface area contributed by atoms with Gasteiger partial charge in [0.05, 0.1) is 5.69 Å². The van der Waals surface area contributed by atoms with Gasteiger partial charge in [0, 0.05) is 12.6 Å². The summed E-state index contributed by atoms with van der Waals surface area (Å²) < 4.78 is 23.4. The number of carbonyl (C=O) groups is 2. The lowest BCUT2D eigenvalue weighted by Crippen LogP contribution is -2.27. The van der Waals surface area contributed by atoms with Crippen molar-refractivity contribution in [3.63, 3.8) is 0 Å². The molecular formula is C29H34N2O7. The van der Waals surface area contributed by atoms with Gasteiger partial charge in [-0.05, 0) is 50.5 Å². The van der Waals surface area contributed by atoms with Crippen LogP contribution in [0, 0.1) is 0 Å². The lowest BCUT2D eigenvalue weighted by molar-refractivity contribution is -0.150. The number of hydrogen-bond acceptors (Lipinski definition) is 8. The van der Waals surface area contributed by atoms with E-state index < -0.39 is 29.7 Å². The van der Waals surface area contributed by atoms with Gasteiger partial charge in [-0.15, -0.1) is 0 Å². The minimum atomic E-state index is -1.40. The third-order valence-corrected chi connectivity index (χ3v) is 5.99. The maximum Gasteiger partial charge on any atom is 0.420 e. The summed E-state index contributed by atoms with van der Waals surface area (Å²) in [5.41, 5.74) is 0.747. The van der Waals surface area contributed by atoms with E-state index >= 15 is 0 Å². The van der Waals surface area contributed by atoms with Crippen LogP contribution in [0.2, 0.25) is 0 Å². The number of hydrogen-bond donors (Lipinski definition) is 1. The van der Waals surface area contributed by atoms with Gasteiger partial charge < -0.3 is 24.1 Å². The van der Waals surface area contributed by atoms with Gasteiger partial charge in [0.1, 0.15) is 30.1 Å². The zero-order chi connectivity index (χ0) is 27.3. The Labute approximate surface area is 222 Å². The Balaban J connectivity index is 1.67. The molecule has 2 unspecified atom stereocenters. The van der Waals surface area contributed by atoms with Gasteiger partial charge in [0.15, 0.2) is 11.5 Å². The van der Waals surface area contributed by atoms with Gasteiger partial charge in [0.25, 0.3) is 0 Å². The van der Waals surface area contributed by atoms with Crippen LogP contribution in [0.5, 0.6) is 11.5 Å². The number of fused-ring (bicyclic) bond motifs is 1. The molecule has 3 aromatic rings. The second-order valence-electron chi connectivity index (χ2n) is 10.2. The lowest BCUT2D eigenvalue weighted by atomic mass is 9.91. The minimum absolute atomic E-state index is 0.0432. The molecule has 0 saturated heterocycles. The first kappa shape index (κ1) is 27.2. The number of aliphatic hydroxyl groups is 1. The summed E-state index contributed by atoms with van der Waals surface area (Å²) in [6.07, 6.45) is 1.64. The normalized spacial score (nSPS) is 14.1. The topological polar surface area (TPSA) is 109 Å². The Morgan fingerprint density at radius 1 is 1.11 bits per heavy atom. The molecule has 9 heteroatoms.